The molecule has 2 saturated carbocycles. The van der Waals surface area contributed by atoms with Gasteiger partial charge >= 0.3 is 5.97 Å². The Bertz CT molecular complexity index is 1220. The second kappa shape index (κ2) is 10.4. The molecule has 1 saturated heterocycles. The molecule has 5 nitrogen and oxygen atoms in total. The number of hydrogen-bond acceptors (Lipinski definition) is 5. The Hall–Kier alpha value is -0.248. The van der Waals surface area contributed by atoms with Crippen LogP contribution in [0.25, 0.3) is 0 Å². The molecule has 1 aromatic carbocycles. The summed E-state index contributed by atoms with van der Waals surface area (Å²) in [5.41, 5.74) is -1.33. The van der Waals surface area contributed by atoms with Gasteiger partial charge in [0.25, 0.3) is 0 Å². The number of allylic oxidation sites excluding steroid dienone is 1. The summed E-state index contributed by atoms with van der Waals surface area (Å²) in [5.74, 6) is -0.441. The molecular weight excluding hydrogens is 727 g/mol. The van der Waals surface area contributed by atoms with Crippen molar-refractivity contribution in [1.29, 1.82) is 0 Å². The van der Waals surface area contributed by atoms with E-state index in [1.54, 1.807) is 12.1 Å². The van der Waals surface area contributed by atoms with E-state index in [4.69, 9.17) is 9.47 Å². The maximum Gasteiger partial charge on any atom is 0.338 e. The zero-order valence-electron chi connectivity index (χ0n) is 27.2. The number of carbonyl (C=O) groups is 1. The van der Waals surface area contributed by atoms with Crippen molar-refractivity contribution >= 4 is 5.97 Å². The Morgan fingerprint density at radius 3 is 2.10 bits per heavy atom. The molecule has 2 bridgehead atoms. The van der Waals surface area contributed by atoms with Crippen molar-refractivity contribution in [3.05, 3.63) is 47.0 Å². The molecule has 4 aliphatic rings. The number of ether oxygens (including phenoxy) is 2. The maximum atomic E-state index is 13.9. The van der Waals surface area contributed by atoms with Gasteiger partial charge in [-0.2, -0.15) is 0 Å². The molecular formula is C35H52AcO5. The normalized spacial score (nSPS) is 42.0. The third-order valence-corrected chi connectivity index (χ3v) is 13.3. The Kier molecular flexibility index (Phi) is 8.54. The molecule has 1 aliphatic heterocycles. The zero-order chi connectivity index (χ0) is 29.8. The second-order valence-electron chi connectivity index (χ2n) is 15.9. The Labute approximate surface area is 283 Å². The third-order valence-electron chi connectivity index (χ3n) is 13.3. The van der Waals surface area contributed by atoms with Gasteiger partial charge in [-0.05, 0) is 65.9 Å². The van der Waals surface area contributed by atoms with E-state index in [1.165, 1.54) is 11.1 Å². The summed E-state index contributed by atoms with van der Waals surface area (Å²) in [4.78, 5) is 13.9. The quantitative estimate of drug-likeness (QED) is 0.261. The van der Waals surface area contributed by atoms with E-state index in [0.29, 0.717) is 24.3 Å². The predicted molar refractivity (Wildman–Crippen MR) is 158 cm³/mol. The van der Waals surface area contributed by atoms with Crippen molar-refractivity contribution in [2.24, 2.45) is 45.3 Å². The molecule has 5 unspecified atom stereocenters. The van der Waals surface area contributed by atoms with Crippen LogP contribution in [0.5, 0.6) is 0 Å². The van der Waals surface area contributed by atoms with Crippen molar-refractivity contribution in [3.63, 3.8) is 0 Å². The molecule has 225 valence electrons. The van der Waals surface area contributed by atoms with Crippen LogP contribution in [-0.4, -0.2) is 46.2 Å². The smallest absolute Gasteiger partial charge is 0.338 e. The fourth-order valence-electron chi connectivity index (χ4n) is 10.1. The van der Waals surface area contributed by atoms with E-state index < -0.39 is 40.0 Å². The molecule has 0 spiro atoms. The Morgan fingerprint density at radius 1 is 1.00 bits per heavy atom. The molecule has 0 amide bonds. The summed E-state index contributed by atoms with van der Waals surface area (Å²) >= 11 is 0. The topological polar surface area (TPSA) is 76.0 Å². The minimum absolute atomic E-state index is 0. The van der Waals surface area contributed by atoms with Crippen molar-refractivity contribution in [2.45, 2.75) is 112 Å². The number of hydrogen-bond donors (Lipinski definition) is 2. The molecule has 3 fully saturated rings. The number of rotatable bonds is 3. The van der Waals surface area contributed by atoms with Crippen LogP contribution in [0.15, 0.2) is 41.5 Å². The minimum atomic E-state index is -1.40. The van der Waals surface area contributed by atoms with Crippen molar-refractivity contribution in [3.8, 4) is 0 Å². The van der Waals surface area contributed by atoms with Crippen LogP contribution in [-0.2, 0) is 9.47 Å². The van der Waals surface area contributed by atoms with Crippen LogP contribution < -0.4 is 0 Å². The van der Waals surface area contributed by atoms with Gasteiger partial charge in [0.2, 0.25) is 0 Å². The molecule has 3 aliphatic carbocycles. The first-order chi connectivity index (χ1) is 18.3. The summed E-state index contributed by atoms with van der Waals surface area (Å²) < 4.78 is 12.7. The molecule has 0 aromatic heterocycles. The van der Waals surface area contributed by atoms with E-state index in [-0.39, 0.29) is 79.4 Å². The Morgan fingerprint density at radius 2 is 1.59 bits per heavy atom. The van der Waals surface area contributed by atoms with E-state index >= 15 is 0 Å². The van der Waals surface area contributed by atoms with Gasteiger partial charge in [-0.3, -0.25) is 0 Å². The fourth-order valence-corrected chi connectivity index (χ4v) is 10.1. The number of aliphatic hydroxyl groups is 2. The molecule has 5 rings (SSSR count). The SMILES string of the molecule is CC1=C2[C@@H](C)C(C)(C)[C@@]3(C)C(C(OC(=O)c4ccccc4)C(O)(C[C@@H]1C(C)C)C2(C)C)C1(O)COC1CC3(C)C.[Ac]. The second-order valence-corrected chi connectivity index (χ2v) is 15.9. The van der Waals surface area contributed by atoms with Gasteiger partial charge in [0.15, 0.2) is 0 Å². The van der Waals surface area contributed by atoms with Crippen molar-refractivity contribution in [1.82, 2.24) is 0 Å². The summed E-state index contributed by atoms with van der Waals surface area (Å²) in [6.45, 7) is 25.0. The molecule has 41 heavy (non-hydrogen) atoms. The van der Waals surface area contributed by atoms with Crippen molar-refractivity contribution in [2.75, 3.05) is 6.61 Å². The summed E-state index contributed by atoms with van der Waals surface area (Å²) in [7, 11) is 0. The van der Waals surface area contributed by atoms with Gasteiger partial charge in [0, 0.05) is 55.4 Å². The first kappa shape index (κ1) is 33.6. The summed E-state index contributed by atoms with van der Waals surface area (Å²) in [6, 6.07) is 9.05. The average molecular weight is 780 g/mol. The monoisotopic (exact) mass is 779 g/mol. The Balaban J connectivity index is 0.00000387. The van der Waals surface area contributed by atoms with E-state index in [2.05, 4.69) is 76.2 Å². The molecule has 1 radical (unpaired) electrons. The van der Waals surface area contributed by atoms with Gasteiger partial charge in [0.05, 0.1) is 18.3 Å². The van der Waals surface area contributed by atoms with Gasteiger partial charge < -0.3 is 19.7 Å². The number of esters is 1. The first-order valence-electron chi connectivity index (χ1n) is 15.3. The van der Waals surface area contributed by atoms with Crippen LogP contribution in [0.4, 0.5) is 0 Å². The molecule has 8 atom stereocenters. The first-order valence-corrected chi connectivity index (χ1v) is 15.3. The summed E-state index contributed by atoms with van der Waals surface area (Å²) in [6.07, 6.45) is -0.119. The van der Waals surface area contributed by atoms with Crippen LogP contribution in [0.2, 0.25) is 0 Å². The van der Waals surface area contributed by atoms with Crippen LogP contribution >= 0.6 is 0 Å². The van der Waals surface area contributed by atoms with Gasteiger partial charge in [-0.15, -0.1) is 0 Å². The number of benzene rings is 1. The van der Waals surface area contributed by atoms with Crippen LogP contribution in [0.1, 0.15) is 99.4 Å². The fraction of sp³-hybridized carbons (Fsp3) is 0.743. The average Bonchev–Trinajstić information content (AvgIpc) is 2.86. The zero-order valence-corrected chi connectivity index (χ0v) is 31.9. The van der Waals surface area contributed by atoms with E-state index in [0.717, 1.165) is 0 Å². The maximum absolute atomic E-state index is 13.9. The van der Waals surface area contributed by atoms with Crippen molar-refractivity contribution < 1.29 is 68.5 Å². The van der Waals surface area contributed by atoms with Crippen LogP contribution in [0, 0.1) is 89.4 Å². The molecule has 1 heterocycles. The van der Waals surface area contributed by atoms with E-state index in [1.807, 2.05) is 18.2 Å². The number of fused-ring (bicyclic) bond motifs is 5. The van der Waals surface area contributed by atoms with Gasteiger partial charge in [-0.25, -0.2) is 4.79 Å². The molecule has 1 aromatic rings. The number of carbonyl (C=O) groups excluding carboxylic acids is 1. The summed E-state index contributed by atoms with van der Waals surface area (Å²) in [5, 5.41) is 25.9. The standard InChI is InChI=1S/C35H52O5.Ac/c1-20(2)24-17-35(38)28(40-29(36)23-15-13-12-14-16-23)27-33(11,30(5,6)18-25-34(27,37)19-39-25)31(7,8)22(4)26(21(24)3)32(35,9)10;/h12-16,20,22,24-25,27-28,37-38H,17-19H2,1-11H3;/t22-,24-,25?,27?,28?,33+,34?,35?;/m1./s1. The molecule has 2 N–H and O–H groups in total. The van der Waals surface area contributed by atoms with Gasteiger partial charge in [-0.1, -0.05) is 98.6 Å². The molecule has 6 heteroatoms. The third kappa shape index (κ3) is 4.30. The minimum Gasteiger partial charge on any atom is -0.455 e. The van der Waals surface area contributed by atoms with Gasteiger partial charge in [0.1, 0.15) is 17.3 Å². The van der Waals surface area contributed by atoms with E-state index in [9.17, 15) is 15.0 Å². The predicted octanol–water partition coefficient (Wildman–Crippen LogP) is 6.82. The van der Waals surface area contributed by atoms with Crippen LogP contribution in [0.3, 0.4) is 0 Å². The largest absolute Gasteiger partial charge is 0.455 e.